The van der Waals surface area contributed by atoms with E-state index in [1.165, 1.54) is 36.7 Å². The van der Waals surface area contributed by atoms with Crippen LogP contribution in [-0.2, 0) is 17.1 Å². The monoisotopic (exact) mass is 629 g/mol. The van der Waals surface area contributed by atoms with Gasteiger partial charge in [-0.2, -0.15) is 20.4 Å². The Morgan fingerprint density at radius 1 is 0.581 bits per heavy atom. The number of rotatable bonds is 8. The van der Waals surface area contributed by atoms with E-state index in [0.29, 0.717) is 0 Å². The van der Waals surface area contributed by atoms with E-state index in [-0.39, 0.29) is 50.6 Å². The van der Waals surface area contributed by atoms with Gasteiger partial charge in [-0.1, -0.05) is 36.4 Å². The number of methoxy groups -OCH3 is 2. The van der Waals surface area contributed by atoms with E-state index in [4.69, 9.17) is 9.47 Å². The predicted molar refractivity (Wildman–Crippen MR) is 158 cm³/mol. The van der Waals surface area contributed by atoms with Gasteiger partial charge < -0.3 is 40.9 Å². The van der Waals surface area contributed by atoms with E-state index in [0.717, 1.165) is 22.6 Å². The quantitative estimate of drug-likeness (QED) is 0.127. The fraction of sp³-hybridized carbons (Fsp3) is 0.0667. The fourth-order valence-corrected chi connectivity index (χ4v) is 3.09. The third-order valence-corrected chi connectivity index (χ3v) is 5.21. The molecule has 4 aromatic rings. The van der Waals surface area contributed by atoms with Crippen molar-refractivity contribution >= 4 is 24.2 Å². The molecule has 4 rings (SSSR count). The standard InChI is InChI=1S/2C15H14N2O3.Mn.2H2O/c2*1-20-12-8-6-11(7-9-12)10-16-17-15(19)13-4-2-3-5-14(13)18;;;/h2*2-10,18H,1H3,(H,17,19);;2*1H2/q;;+2;;/p-2/b2*16-10-;;;. The SMILES string of the molecule is COc1ccc(/C=N\N=C(/[O-])c2ccccc2O)cc1.COc1ccc(/C=N\N=C(/[O-])c2ccccc2O)cc1.O.O.[Mn+2]. The van der Waals surface area contributed by atoms with Crippen LogP contribution in [0.4, 0.5) is 0 Å². The number of hydrogen-bond acceptors (Lipinski definition) is 10. The molecule has 0 bridgehead atoms. The van der Waals surface area contributed by atoms with E-state index in [1.54, 1.807) is 87.0 Å². The Bertz CT molecular complexity index is 1390. The summed E-state index contributed by atoms with van der Waals surface area (Å²) in [6, 6.07) is 26.7. The summed E-state index contributed by atoms with van der Waals surface area (Å²) < 4.78 is 10.1. The number of phenols is 2. The number of para-hydroxylation sites is 2. The van der Waals surface area contributed by atoms with Crippen molar-refractivity contribution in [3.05, 3.63) is 119 Å². The van der Waals surface area contributed by atoms with E-state index in [9.17, 15) is 20.4 Å². The molecule has 225 valence electrons. The molecule has 0 amide bonds. The fourth-order valence-electron chi connectivity index (χ4n) is 3.09. The van der Waals surface area contributed by atoms with Gasteiger partial charge >= 0.3 is 17.1 Å². The van der Waals surface area contributed by atoms with Crippen molar-refractivity contribution in [2.24, 2.45) is 20.4 Å². The molecule has 12 nitrogen and oxygen atoms in total. The van der Waals surface area contributed by atoms with Gasteiger partial charge in [-0.15, -0.1) is 0 Å². The van der Waals surface area contributed by atoms with Gasteiger partial charge in [0.2, 0.25) is 0 Å². The molecular formula is C30H30MnN4O8. The second kappa shape index (κ2) is 19.8. The minimum absolute atomic E-state index is 0. The summed E-state index contributed by atoms with van der Waals surface area (Å²) in [7, 11) is 3.17. The third kappa shape index (κ3) is 12.1. The maximum atomic E-state index is 11.7. The summed E-state index contributed by atoms with van der Waals surface area (Å²) in [6.07, 6.45) is 2.91. The molecule has 4 aromatic carbocycles. The van der Waals surface area contributed by atoms with Crippen LogP contribution in [0.15, 0.2) is 117 Å². The number of nitrogens with zero attached hydrogens (tertiary/aromatic N) is 4. The summed E-state index contributed by atoms with van der Waals surface area (Å²) in [5, 5.41) is 56.9. The first-order chi connectivity index (χ1) is 19.4. The first-order valence-electron chi connectivity index (χ1n) is 11.8. The molecule has 0 fully saturated rings. The van der Waals surface area contributed by atoms with E-state index < -0.39 is 11.8 Å². The summed E-state index contributed by atoms with van der Waals surface area (Å²) in [5.74, 6) is 0.0799. The first kappa shape index (κ1) is 37.8. The molecule has 1 radical (unpaired) electrons. The smallest absolute Gasteiger partial charge is 0.857 e. The molecule has 0 saturated carbocycles. The normalized spacial score (nSPS) is 10.9. The average Bonchev–Trinajstić information content (AvgIpc) is 2.98. The first-order valence-corrected chi connectivity index (χ1v) is 11.8. The van der Waals surface area contributed by atoms with E-state index in [2.05, 4.69) is 20.4 Å². The third-order valence-electron chi connectivity index (χ3n) is 5.21. The molecule has 0 heterocycles. The van der Waals surface area contributed by atoms with Gasteiger partial charge in [0.05, 0.1) is 26.6 Å². The van der Waals surface area contributed by atoms with Crippen LogP contribution < -0.4 is 19.7 Å². The van der Waals surface area contributed by atoms with Crippen molar-refractivity contribution in [3.63, 3.8) is 0 Å². The molecule has 43 heavy (non-hydrogen) atoms. The molecule has 0 aromatic heterocycles. The van der Waals surface area contributed by atoms with Crippen LogP contribution in [0.1, 0.15) is 22.3 Å². The van der Waals surface area contributed by atoms with E-state index in [1.807, 2.05) is 0 Å². The van der Waals surface area contributed by atoms with Crippen LogP contribution in [0, 0.1) is 0 Å². The summed E-state index contributed by atoms with van der Waals surface area (Å²) in [5.41, 5.74) is 1.83. The van der Waals surface area contributed by atoms with Gasteiger partial charge in [-0.25, -0.2) is 0 Å². The van der Waals surface area contributed by atoms with Gasteiger partial charge in [-0.3, -0.25) is 0 Å². The topological polar surface area (TPSA) is 217 Å². The molecule has 0 saturated heterocycles. The number of ether oxygens (including phenoxy) is 2. The number of aromatic hydroxyl groups is 2. The van der Waals surface area contributed by atoms with Crippen LogP contribution in [-0.4, -0.2) is 59.6 Å². The minimum Gasteiger partial charge on any atom is -0.857 e. The van der Waals surface area contributed by atoms with Crippen LogP contribution in [0.5, 0.6) is 23.0 Å². The maximum Gasteiger partial charge on any atom is 2.00 e. The van der Waals surface area contributed by atoms with Crippen LogP contribution in [0.3, 0.4) is 0 Å². The van der Waals surface area contributed by atoms with Gasteiger partial charge in [0.15, 0.2) is 0 Å². The second-order valence-corrected chi connectivity index (χ2v) is 7.88. The zero-order valence-corrected chi connectivity index (χ0v) is 24.3. The predicted octanol–water partition coefficient (Wildman–Crippen LogP) is 1.43. The average molecular weight is 630 g/mol. The van der Waals surface area contributed by atoms with E-state index >= 15 is 0 Å². The number of hydrogen-bond donors (Lipinski definition) is 2. The second-order valence-electron chi connectivity index (χ2n) is 7.88. The summed E-state index contributed by atoms with van der Waals surface area (Å²) in [4.78, 5) is 0. The van der Waals surface area contributed by atoms with Gasteiger partial charge in [0, 0.05) is 22.9 Å². The summed E-state index contributed by atoms with van der Waals surface area (Å²) in [6.45, 7) is 0. The van der Waals surface area contributed by atoms with Crippen LogP contribution in [0.2, 0.25) is 0 Å². The van der Waals surface area contributed by atoms with Gasteiger partial charge in [0.25, 0.3) is 0 Å². The van der Waals surface area contributed by atoms with Crippen molar-refractivity contribution in [2.75, 3.05) is 14.2 Å². The maximum absolute atomic E-state index is 11.7. The zero-order valence-electron chi connectivity index (χ0n) is 23.1. The van der Waals surface area contributed by atoms with Gasteiger partial charge in [-0.05, 0) is 71.8 Å². The molecule has 6 N–H and O–H groups in total. The molecule has 0 aliphatic carbocycles. The molecule has 0 unspecified atom stereocenters. The van der Waals surface area contributed by atoms with Crippen molar-refractivity contribution < 1.29 is 57.9 Å². The Morgan fingerprint density at radius 2 is 0.907 bits per heavy atom. The Balaban J connectivity index is 0.000000767. The molecule has 0 aliphatic rings. The Hall–Kier alpha value is -5.20. The zero-order chi connectivity index (χ0) is 28.7. The number of phenolic OH excluding ortho intramolecular Hbond substituents is 2. The van der Waals surface area contributed by atoms with Crippen LogP contribution >= 0.6 is 0 Å². The largest absolute Gasteiger partial charge is 2.00 e. The molecule has 0 atom stereocenters. The Kier molecular flexibility index (Phi) is 17.4. The van der Waals surface area contributed by atoms with Crippen molar-refractivity contribution in [3.8, 4) is 23.0 Å². The number of benzene rings is 4. The Morgan fingerprint density at radius 3 is 1.21 bits per heavy atom. The molecular weight excluding hydrogens is 599 g/mol. The molecule has 0 spiro atoms. The van der Waals surface area contributed by atoms with Gasteiger partial charge in [0.1, 0.15) is 23.0 Å². The molecule has 0 aliphatic heterocycles. The Labute approximate surface area is 258 Å². The minimum atomic E-state index is -0.590. The summed E-state index contributed by atoms with van der Waals surface area (Å²) >= 11 is 0. The van der Waals surface area contributed by atoms with Crippen molar-refractivity contribution in [1.82, 2.24) is 0 Å². The van der Waals surface area contributed by atoms with Crippen LogP contribution in [0.25, 0.3) is 0 Å². The van der Waals surface area contributed by atoms with Crippen molar-refractivity contribution in [2.45, 2.75) is 0 Å². The van der Waals surface area contributed by atoms with Crippen molar-refractivity contribution in [1.29, 1.82) is 0 Å². The molecule has 13 heteroatoms.